The van der Waals surface area contributed by atoms with Crippen LogP contribution in [0.3, 0.4) is 0 Å². The summed E-state index contributed by atoms with van der Waals surface area (Å²) in [5.74, 6) is 0.0394. The Morgan fingerprint density at radius 3 is 3.00 bits per heavy atom. The Balaban J connectivity index is 2.71. The summed E-state index contributed by atoms with van der Waals surface area (Å²) in [6.07, 6.45) is 4.86. The lowest BCUT2D eigenvalue weighted by molar-refractivity contribution is -0.127. The van der Waals surface area contributed by atoms with Crippen molar-refractivity contribution in [3.63, 3.8) is 0 Å². The monoisotopic (exact) mass is 152 g/mol. The van der Waals surface area contributed by atoms with E-state index < -0.39 is 0 Å². The predicted molar refractivity (Wildman–Crippen MR) is 44.5 cm³/mol. The second-order valence-electron chi connectivity index (χ2n) is 2.73. The van der Waals surface area contributed by atoms with Crippen LogP contribution in [-0.4, -0.2) is 29.7 Å². The quantitative estimate of drug-likeness (QED) is 0.547. The van der Waals surface area contributed by atoms with Gasteiger partial charge in [-0.05, 0) is 19.9 Å². The number of hydrogen-bond acceptors (Lipinski definition) is 2. The summed E-state index contributed by atoms with van der Waals surface area (Å²) in [4.78, 5) is 16.9. The Morgan fingerprint density at radius 1 is 1.64 bits per heavy atom. The molecule has 3 nitrogen and oxygen atoms in total. The largest absolute Gasteiger partial charge is 0.317 e. The lowest BCUT2D eigenvalue weighted by atomic mass is 10.3. The first-order valence-electron chi connectivity index (χ1n) is 3.69. The van der Waals surface area contributed by atoms with Crippen molar-refractivity contribution in [2.24, 2.45) is 4.99 Å². The molecule has 1 rings (SSSR count). The van der Waals surface area contributed by atoms with E-state index in [9.17, 15) is 4.79 Å². The molecule has 0 aromatic carbocycles. The molecule has 0 aromatic rings. The van der Waals surface area contributed by atoms with Crippen molar-refractivity contribution in [2.75, 3.05) is 6.67 Å². The maximum absolute atomic E-state index is 11.2. The Hall–Kier alpha value is -1.12. The van der Waals surface area contributed by atoms with Crippen LogP contribution in [0.15, 0.2) is 17.1 Å². The summed E-state index contributed by atoms with van der Waals surface area (Å²) in [5, 5.41) is 0. The standard InChI is InChI=1S/C8H12N2O/c1-7(2)10-6-9-5-3-4-8(10)11/h3-5,7H,6H2,1-2H3. The average molecular weight is 152 g/mol. The highest BCUT2D eigenvalue weighted by molar-refractivity contribution is 5.93. The van der Waals surface area contributed by atoms with Crippen LogP contribution in [-0.2, 0) is 4.79 Å². The summed E-state index contributed by atoms with van der Waals surface area (Å²) >= 11 is 0. The number of carbonyl (C=O) groups excluding carboxylic acids is 1. The van der Waals surface area contributed by atoms with Gasteiger partial charge in [0.05, 0.1) is 0 Å². The number of nitrogens with zero attached hydrogens (tertiary/aromatic N) is 2. The van der Waals surface area contributed by atoms with E-state index >= 15 is 0 Å². The fourth-order valence-corrected chi connectivity index (χ4v) is 0.905. The number of allylic oxidation sites excluding steroid dienone is 1. The maximum Gasteiger partial charge on any atom is 0.248 e. The van der Waals surface area contributed by atoms with Crippen molar-refractivity contribution in [2.45, 2.75) is 19.9 Å². The highest BCUT2D eigenvalue weighted by Crippen LogP contribution is 2.01. The molecule has 0 atom stereocenters. The van der Waals surface area contributed by atoms with Gasteiger partial charge in [-0.25, -0.2) is 0 Å². The number of rotatable bonds is 1. The zero-order chi connectivity index (χ0) is 8.27. The second kappa shape index (κ2) is 3.32. The molecule has 0 N–H and O–H groups in total. The van der Waals surface area contributed by atoms with E-state index in [2.05, 4.69) is 4.99 Å². The van der Waals surface area contributed by atoms with Crippen molar-refractivity contribution in [3.8, 4) is 0 Å². The Morgan fingerprint density at radius 2 is 2.36 bits per heavy atom. The third kappa shape index (κ3) is 1.90. The molecule has 11 heavy (non-hydrogen) atoms. The van der Waals surface area contributed by atoms with Gasteiger partial charge in [0.15, 0.2) is 0 Å². The molecule has 0 saturated heterocycles. The van der Waals surface area contributed by atoms with Gasteiger partial charge in [0.1, 0.15) is 6.67 Å². The molecule has 0 saturated carbocycles. The number of amides is 1. The number of hydrogen-bond donors (Lipinski definition) is 0. The van der Waals surface area contributed by atoms with Crippen LogP contribution in [0.4, 0.5) is 0 Å². The lowest BCUT2D eigenvalue weighted by Crippen LogP contribution is -2.35. The van der Waals surface area contributed by atoms with Crippen LogP contribution in [0.2, 0.25) is 0 Å². The molecule has 1 amide bonds. The van der Waals surface area contributed by atoms with E-state index in [-0.39, 0.29) is 11.9 Å². The molecule has 3 heteroatoms. The highest BCUT2D eigenvalue weighted by Gasteiger charge is 2.13. The van der Waals surface area contributed by atoms with Gasteiger partial charge in [0.25, 0.3) is 0 Å². The first-order chi connectivity index (χ1) is 5.22. The number of carbonyl (C=O) groups is 1. The van der Waals surface area contributed by atoms with Crippen LogP contribution < -0.4 is 0 Å². The Bertz CT molecular complexity index is 206. The van der Waals surface area contributed by atoms with Gasteiger partial charge in [-0.3, -0.25) is 9.79 Å². The first kappa shape index (κ1) is 7.98. The fourth-order valence-electron chi connectivity index (χ4n) is 0.905. The predicted octanol–water partition coefficient (Wildman–Crippen LogP) is 0.822. The van der Waals surface area contributed by atoms with E-state index in [0.29, 0.717) is 6.67 Å². The van der Waals surface area contributed by atoms with Crippen molar-refractivity contribution in [3.05, 3.63) is 12.2 Å². The summed E-state index contributed by atoms with van der Waals surface area (Å²) < 4.78 is 0. The first-order valence-corrected chi connectivity index (χ1v) is 3.69. The molecule has 1 heterocycles. The van der Waals surface area contributed by atoms with E-state index in [1.54, 1.807) is 17.2 Å². The molecule has 0 fully saturated rings. The van der Waals surface area contributed by atoms with E-state index in [4.69, 9.17) is 0 Å². The molecule has 0 unspecified atom stereocenters. The zero-order valence-electron chi connectivity index (χ0n) is 6.82. The molecule has 0 bridgehead atoms. The average Bonchev–Trinajstić information content (AvgIpc) is 2.13. The van der Waals surface area contributed by atoms with Gasteiger partial charge in [0, 0.05) is 18.3 Å². The van der Waals surface area contributed by atoms with Gasteiger partial charge in [-0.1, -0.05) is 0 Å². The van der Waals surface area contributed by atoms with Gasteiger partial charge in [-0.2, -0.15) is 0 Å². The van der Waals surface area contributed by atoms with Gasteiger partial charge >= 0.3 is 0 Å². The van der Waals surface area contributed by atoms with E-state index in [1.807, 2.05) is 13.8 Å². The molecule has 0 spiro atoms. The van der Waals surface area contributed by atoms with Crippen molar-refractivity contribution in [1.29, 1.82) is 0 Å². The Labute approximate surface area is 66.4 Å². The van der Waals surface area contributed by atoms with Crippen molar-refractivity contribution in [1.82, 2.24) is 4.90 Å². The van der Waals surface area contributed by atoms with Crippen LogP contribution in [0.25, 0.3) is 0 Å². The molecule has 0 radical (unpaired) electrons. The van der Waals surface area contributed by atoms with Gasteiger partial charge < -0.3 is 4.90 Å². The summed E-state index contributed by atoms with van der Waals surface area (Å²) in [5.41, 5.74) is 0. The van der Waals surface area contributed by atoms with Gasteiger partial charge in [-0.15, -0.1) is 0 Å². The maximum atomic E-state index is 11.2. The minimum Gasteiger partial charge on any atom is -0.317 e. The van der Waals surface area contributed by atoms with Crippen LogP contribution in [0.1, 0.15) is 13.8 Å². The highest BCUT2D eigenvalue weighted by atomic mass is 16.2. The fraction of sp³-hybridized carbons (Fsp3) is 0.500. The smallest absolute Gasteiger partial charge is 0.248 e. The minimum absolute atomic E-state index is 0.0394. The van der Waals surface area contributed by atoms with Crippen molar-refractivity contribution >= 4 is 12.1 Å². The number of aliphatic imine (C=N–C) groups is 1. The summed E-state index contributed by atoms with van der Waals surface area (Å²) in [6, 6.07) is 0.224. The van der Waals surface area contributed by atoms with Crippen molar-refractivity contribution < 1.29 is 4.79 Å². The summed E-state index contributed by atoms with van der Waals surface area (Å²) in [7, 11) is 0. The molecule has 0 aromatic heterocycles. The SMILES string of the molecule is CC(C)N1CN=CC=CC1=O. The van der Waals surface area contributed by atoms with Gasteiger partial charge in [0.2, 0.25) is 5.91 Å². The van der Waals surface area contributed by atoms with Crippen LogP contribution in [0.5, 0.6) is 0 Å². The normalized spacial score (nSPS) is 17.7. The second-order valence-corrected chi connectivity index (χ2v) is 2.73. The molecular formula is C8H12N2O. The minimum atomic E-state index is 0.0394. The molecular weight excluding hydrogens is 140 g/mol. The van der Waals surface area contributed by atoms with E-state index in [0.717, 1.165) is 0 Å². The van der Waals surface area contributed by atoms with Crippen LogP contribution in [0, 0.1) is 0 Å². The summed E-state index contributed by atoms with van der Waals surface area (Å²) in [6.45, 7) is 4.43. The van der Waals surface area contributed by atoms with E-state index in [1.165, 1.54) is 6.08 Å². The molecule has 1 aliphatic heterocycles. The van der Waals surface area contributed by atoms with Crippen LogP contribution >= 0.6 is 0 Å². The Kier molecular flexibility index (Phi) is 2.41. The molecule has 0 aliphatic carbocycles. The molecule has 1 aliphatic rings. The zero-order valence-corrected chi connectivity index (χ0v) is 6.82. The third-order valence-corrected chi connectivity index (χ3v) is 1.57. The topological polar surface area (TPSA) is 32.7 Å². The lowest BCUT2D eigenvalue weighted by Gasteiger charge is -2.22. The molecule has 60 valence electrons. The third-order valence-electron chi connectivity index (χ3n) is 1.57.